The minimum Gasteiger partial charge on any atom is -0.380 e. The third kappa shape index (κ3) is 3.13. The number of allylic oxidation sites excluding steroid dienone is 4. The fourth-order valence-corrected chi connectivity index (χ4v) is 2.14. The van der Waals surface area contributed by atoms with Crippen LogP contribution in [-0.4, -0.2) is 31.2 Å². The Balaban J connectivity index is 3.13. The van der Waals surface area contributed by atoms with Crippen LogP contribution in [0.3, 0.4) is 0 Å². The summed E-state index contributed by atoms with van der Waals surface area (Å²) in [6.07, 6.45) is 1.09. The van der Waals surface area contributed by atoms with E-state index in [0.29, 0.717) is 11.1 Å². The lowest BCUT2D eigenvalue weighted by atomic mass is 10.0. The number of hydrogen-bond acceptors (Lipinski definition) is 5. The summed E-state index contributed by atoms with van der Waals surface area (Å²) >= 11 is 0. The van der Waals surface area contributed by atoms with Crippen LogP contribution >= 0.6 is 0 Å². The van der Waals surface area contributed by atoms with Gasteiger partial charge in [0.2, 0.25) is 0 Å². The zero-order valence-corrected chi connectivity index (χ0v) is 11.4. The smallest absolute Gasteiger partial charge is 0.133 e. The standard InChI is InChI=1S/C14H16N4O/c1-10(12(6-15)7-16)14(8-17)11(2)18-5-4-13(9-18)19-3/h13H,4-5,9H2,1-3H3/b14-11+. The fourth-order valence-electron chi connectivity index (χ4n) is 2.14. The Morgan fingerprint density at radius 3 is 2.21 bits per heavy atom. The molecule has 0 bridgehead atoms. The number of methoxy groups -OCH3 is 1. The van der Waals surface area contributed by atoms with Crippen LogP contribution in [-0.2, 0) is 4.74 Å². The van der Waals surface area contributed by atoms with E-state index in [4.69, 9.17) is 15.3 Å². The molecule has 0 radical (unpaired) electrons. The van der Waals surface area contributed by atoms with Gasteiger partial charge in [-0.15, -0.1) is 0 Å². The lowest BCUT2D eigenvalue weighted by Crippen LogP contribution is -2.22. The highest BCUT2D eigenvalue weighted by molar-refractivity contribution is 5.54. The van der Waals surface area contributed by atoms with E-state index in [9.17, 15) is 5.26 Å². The molecule has 19 heavy (non-hydrogen) atoms. The predicted octanol–water partition coefficient (Wildman–Crippen LogP) is 1.87. The summed E-state index contributed by atoms with van der Waals surface area (Å²) < 4.78 is 5.29. The molecule has 1 rings (SSSR count). The molecule has 98 valence electrons. The van der Waals surface area contributed by atoms with Crippen LogP contribution in [0, 0.1) is 34.0 Å². The highest BCUT2D eigenvalue weighted by Crippen LogP contribution is 2.24. The Bertz CT molecular complexity index is 523. The van der Waals surface area contributed by atoms with Crippen molar-refractivity contribution in [2.24, 2.45) is 0 Å². The summed E-state index contributed by atoms with van der Waals surface area (Å²) in [7, 11) is 1.67. The molecule has 0 aromatic heterocycles. The first-order valence-electron chi connectivity index (χ1n) is 5.99. The third-order valence-electron chi connectivity index (χ3n) is 3.40. The molecule has 5 heteroatoms. The first-order chi connectivity index (χ1) is 9.08. The molecule has 1 atom stereocenters. The molecule has 0 amide bonds. The summed E-state index contributed by atoms with van der Waals surface area (Å²) in [5, 5.41) is 27.0. The molecule has 1 aliphatic rings. The van der Waals surface area contributed by atoms with Gasteiger partial charge in [0, 0.05) is 25.9 Å². The van der Waals surface area contributed by atoms with Crippen molar-refractivity contribution in [3.05, 3.63) is 22.4 Å². The summed E-state index contributed by atoms with van der Waals surface area (Å²) in [5.74, 6) is 0. The second-order valence-electron chi connectivity index (χ2n) is 4.39. The topological polar surface area (TPSA) is 83.8 Å². The normalized spacial score (nSPS) is 18.9. The molecule has 0 aromatic carbocycles. The van der Waals surface area contributed by atoms with Crippen molar-refractivity contribution in [3.8, 4) is 18.2 Å². The van der Waals surface area contributed by atoms with Gasteiger partial charge >= 0.3 is 0 Å². The average molecular weight is 256 g/mol. The summed E-state index contributed by atoms with van der Waals surface area (Å²) in [6, 6.07) is 5.74. The van der Waals surface area contributed by atoms with Crippen molar-refractivity contribution in [2.45, 2.75) is 26.4 Å². The number of nitriles is 3. The van der Waals surface area contributed by atoms with E-state index in [2.05, 4.69) is 11.0 Å². The Morgan fingerprint density at radius 1 is 1.16 bits per heavy atom. The zero-order valence-electron chi connectivity index (χ0n) is 11.4. The zero-order chi connectivity index (χ0) is 14.4. The SMILES string of the molecule is COC1CCN(/C(C)=C(\C#N)C(C)=C(C#N)C#N)C1. The van der Waals surface area contributed by atoms with Crippen molar-refractivity contribution < 1.29 is 4.74 Å². The van der Waals surface area contributed by atoms with E-state index in [1.807, 2.05) is 19.1 Å². The van der Waals surface area contributed by atoms with Gasteiger partial charge in [0.1, 0.15) is 23.8 Å². The van der Waals surface area contributed by atoms with E-state index >= 15 is 0 Å². The van der Waals surface area contributed by atoms with Crippen molar-refractivity contribution in [2.75, 3.05) is 20.2 Å². The van der Waals surface area contributed by atoms with Gasteiger partial charge in [-0.25, -0.2) is 0 Å². The highest BCUT2D eigenvalue weighted by Gasteiger charge is 2.24. The summed E-state index contributed by atoms with van der Waals surface area (Å²) in [5.41, 5.74) is 1.61. The van der Waals surface area contributed by atoms with Gasteiger partial charge in [0.15, 0.2) is 0 Å². The Hall–Kier alpha value is -2.29. The Labute approximate surface area is 113 Å². The molecule has 1 heterocycles. The van der Waals surface area contributed by atoms with Gasteiger partial charge in [-0.1, -0.05) is 0 Å². The molecule has 0 spiro atoms. The minimum absolute atomic E-state index is 0.0154. The average Bonchev–Trinajstić information content (AvgIpc) is 2.89. The van der Waals surface area contributed by atoms with E-state index in [1.54, 1.807) is 14.0 Å². The van der Waals surface area contributed by atoms with Gasteiger partial charge in [-0.3, -0.25) is 0 Å². The van der Waals surface area contributed by atoms with Gasteiger partial charge < -0.3 is 9.64 Å². The Kier molecular flexibility index (Phi) is 5.12. The number of hydrogen-bond donors (Lipinski definition) is 0. The van der Waals surface area contributed by atoms with Crippen LogP contribution in [0.15, 0.2) is 22.4 Å². The van der Waals surface area contributed by atoms with Crippen LogP contribution in [0.5, 0.6) is 0 Å². The second kappa shape index (κ2) is 6.59. The quantitative estimate of drug-likeness (QED) is 0.568. The monoisotopic (exact) mass is 256 g/mol. The third-order valence-corrected chi connectivity index (χ3v) is 3.40. The van der Waals surface area contributed by atoms with Crippen LogP contribution in [0.1, 0.15) is 20.3 Å². The van der Waals surface area contributed by atoms with Crippen LogP contribution in [0.25, 0.3) is 0 Å². The molecule has 0 saturated carbocycles. The molecule has 0 aliphatic carbocycles. The molecule has 1 fully saturated rings. The second-order valence-corrected chi connectivity index (χ2v) is 4.39. The largest absolute Gasteiger partial charge is 0.380 e. The summed E-state index contributed by atoms with van der Waals surface area (Å²) in [6.45, 7) is 5.02. The molecular weight excluding hydrogens is 240 g/mol. The van der Waals surface area contributed by atoms with Crippen LogP contribution < -0.4 is 0 Å². The first kappa shape index (κ1) is 14.8. The molecule has 5 nitrogen and oxygen atoms in total. The highest BCUT2D eigenvalue weighted by atomic mass is 16.5. The molecule has 0 aromatic rings. The lowest BCUT2D eigenvalue weighted by molar-refractivity contribution is 0.111. The van der Waals surface area contributed by atoms with Crippen molar-refractivity contribution in [1.29, 1.82) is 15.8 Å². The maximum Gasteiger partial charge on any atom is 0.133 e. The number of ether oxygens (including phenoxy) is 1. The van der Waals surface area contributed by atoms with Gasteiger partial charge in [0.25, 0.3) is 0 Å². The number of rotatable bonds is 3. The van der Waals surface area contributed by atoms with Gasteiger partial charge in [0.05, 0.1) is 11.7 Å². The van der Waals surface area contributed by atoms with Crippen LogP contribution in [0.4, 0.5) is 0 Å². The van der Waals surface area contributed by atoms with E-state index < -0.39 is 0 Å². The fraction of sp³-hybridized carbons (Fsp3) is 0.500. The maximum absolute atomic E-state index is 9.27. The number of nitrogens with zero attached hydrogens (tertiary/aromatic N) is 4. The summed E-state index contributed by atoms with van der Waals surface area (Å²) in [4.78, 5) is 2.06. The minimum atomic E-state index is -0.0154. The van der Waals surface area contributed by atoms with Gasteiger partial charge in [-0.05, 0) is 25.8 Å². The van der Waals surface area contributed by atoms with Crippen molar-refractivity contribution in [1.82, 2.24) is 4.90 Å². The molecule has 1 aliphatic heterocycles. The number of likely N-dealkylation sites (tertiary alicyclic amines) is 1. The van der Waals surface area contributed by atoms with Crippen LogP contribution in [0.2, 0.25) is 0 Å². The maximum atomic E-state index is 9.27. The molecule has 1 saturated heterocycles. The van der Waals surface area contributed by atoms with E-state index in [-0.39, 0.29) is 11.7 Å². The first-order valence-corrected chi connectivity index (χ1v) is 5.99. The molecule has 1 unspecified atom stereocenters. The van der Waals surface area contributed by atoms with Crippen molar-refractivity contribution >= 4 is 0 Å². The van der Waals surface area contributed by atoms with E-state index in [1.165, 1.54) is 0 Å². The molecular formula is C14H16N4O. The molecule has 0 N–H and O–H groups in total. The predicted molar refractivity (Wildman–Crippen MR) is 69.2 cm³/mol. The van der Waals surface area contributed by atoms with E-state index in [0.717, 1.165) is 25.2 Å². The van der Waals surface area contributed by atoms with Gasteiger partial charge in [-0.2, -0.15) is 15.8 Å². The lowest BCUT2D eigenvalue weighted by Gasteiger charge is -2.20. The Morgan fingerprint density at radius 2 is 1.79 bits per heavy atom. The van der Waals surface area contributed by atoms with Crippen molar-refractivity contribution in [3.63, 3.8) is 0 Å².